The average Bonchev–Trinajstić information content (AvgIpc) is 2.66. The molecule has 0 aliphatic rings. The number of aromatic carboxylic acids is 1. The van der Waals surface area contributed by atoms with E-state index in [4.69, 9.17) is 4.74 Å². The van der Waals surface area contributed by atoms with Crippen LogP contribution in [0.15, 0.2) is 54.7 Å². The molecule has 2 N–H and O–H groups in total. The quantitative estimate of drug-likeness (QED) is 0.666. The third-order valence-electron chi connectivity index (χ3n) is 4.41. The first-order valence-electron chi connectivity index (χ1n) is 8.65. The Balaban J connectivity index is 1.81. The van der Waals surface area contributed by atoms with Gasteiger partial charge in [-0.2, -0.15) is 0 Å². The standard InChI is InChI=1S/C22H22N2O3/c1-14-5-4-6-16(9-14)12-23-21-8-7-17(13-24-21)18-11-19(22(25)26)20(27-3)10-15(18)2/h4-11,13H,12H2,1-3H3,(H,23,24)(H,25,26). The van der Waals surface area contributed by atoms with E-state index in [9.17, 15) is 9.90 Å². The van der Waals surface area contributed by atoms with Crippen LogP contribution in [-0.2, 0) is 6.54 Å². The fraction of sp³-hybridized carbons (Fsp3) is 0.182. The molecular weight excluding hydrogens is 340 g/mol. The summed E-state index contributed by atoms with van der Waals surface area (Å²) < 4.78 is 5.17. The van der Waals surface area contributed by atoms with Crippen LogP contribution in [0.4, 0.5) is 5.82 Å². The van der Waals surface area contributed by atoms with E-state index in [1.807, 2.05) is 25.1 Å². The van der Waals surface area contributed by atoms with Crippen molar-refractivity contribution in [2.45, 2.75) is 20.4 Å². The molecule has 0 fully saturated rings. The Morgan fingerprint density at radius 1 is 1.15 bits per heavy atom. The van der Waals surface area contributed by atoms with Crippen LogP contribution < -0.4 is 10.1 Å². The summed E-state index contributed by atoms with van der Waals surface area (Å²) in [5.74, 6) is 0.107. The van der Waals surface area contributed by atoms with Crippen molar-refractivity contribution in [2.75, 3.05) is 12.4 Å². The molecule has 27 heavy (non-hydrogen) atoms. The normalized spacial score (nSPS) is 10.5. The number of methoxy groups -OCH3 is 1. The van der Waals surface area contributed by atoms with Crippen molar-refractivity contribution in [3.8, 4) is 16.9 Å². The molecule has 0 aliphatic carbocycles. The number of carbonyl (C=O) groups is 1. The number of hydrogen-bond donors (Lipinski definition) is 2. The van der Waals surface area contributed by atoms with Crippen molar-refractivity contribution >= 4 is 11.8 Å². The molecule has 0 bridgehead atoms. The second kappa shape index (κ2) is 7.91. The van der Waals surface area contributed by atoms with Gasteiger partial charge in [0.1, 0.15) is 17.1 Å². The highest BCUT2D eigenvalue weighted by Crippen LogP contribution is 2.30. The van der Waals surface area contributed by atoms with Gasteiger partial charge in [0.25, 0.3) is 0 Å². The highest BCUT2D eigenvalue weighted by molar-refractivity contribution is 5.93. The first kappa shape index (κ1) is 18.5. The predicted molar refractivity (Wildman–Crippen MR) is 106 cm³/mol. The van der Waals surface area contributed by atoms with E-state index in [-0.39, 0.29) is 5.56 Å². The smallest absolute Gasteiger partial charge is 0.339 e. The molecule has 0 atom stereocenters. The Hall–Kier alpha value is -3.34. The number of carboxylic acid groups (broad SMARTS) is 1. The predicted octanol–water partition coefficient (Wildman–Crippen LogP) is 4.68. The van der Waals surface area contributed by atoms with E-state index in [1.165, 1.54) is 18.2 Å². The van der Waals surface area contributed by atoms with Gasteiger partial charge in [-0.05, 0) is 54.8 Å². The van der Waals surface area contributed by atoms with Gasteiger partial charge in [-0.25, -0.2) is 9.78 Å². The molecule has 1 heterocycles. The van der Waals surface area contributed by atoms with Crippen molar-refractivity contribution in [2.24, 2.45) is 0 Å². The molecule has 0 unspecified atom stereocenters. The van der Waals surface area contributed by atoms with Gasteiger partial charge in [0, 0.05) is 18.3 Å². The molecule has 3 rings (SSSR count). The molecule has 0 radical (unpaired) electrons. The van der Waals surface area contributed by atoms with Crippen LogP contribution in [-0.4, -0.2) is 23.2 Å². The minimum absolute atomic E-state index is 0.139. The van der Waals surface area contributed by atoms with Crippen LogP contribution in [0.25, 0.3) is 11.1 Å². The first-order chi connectivity index (χ1) is 13.0. The maximum Gasteiger partial charge on any atom is 0.339 e. The largest absolute Gasteiger partial charge is 0.496 e. The number of hydrogen-bond acceptors (Lipinski definition) is 4. The van der Waals surface area contributed by atoms with Crippen molar-refractivity contribution < 1.29 is 14.6 Å². The van der Waals surface area contributed by atoms with Gasteiger partial charge in [0.15, 0.2) is 0 Å². The van der Waals surface area contributed by atoms with Gasteiger partial charge in [-0.15, -0.1) is 0 Å². The summed E-state index contributed by atoms with van der Waals surface area (Å²) in [5.41, 5.74) is 5.17. The summed E-state index contributed by atoms with van der Waals surface area (Å²) in [7, 11) is 1.47. The summed E-state index contributed by atoms with van der Waals surface area (Å²) in [6.07, 6.45) is 1.75. The van der Waals surface area contributed by atoms with Gasteiger partial charge in [-0.3, -0.25) is 0 Å². The van der Waals surface area contributed by atoms with Gasteiger partial charge >= 0.3 is 5.97 Å². The van der Waals surface area contributed by atoms with E-state index in [1.54, 1.807) is 18.3 Å². The minimum Gasteiger partial charge on any atom is -0.496 e. The second-order valence-electron chi connectivity index (χ2n) is 6.45. The highest BCUT2D eigenvalue weighted by atomic mass is 16.5. The Morgan fingerprint density at radius 2 is 1.96 bits per heavy atom. The molecule has 2 aromatic carbocycles. The lowest BCUT2D eigenvalue weighted by Gasteiger charge is -2.12. The summed E-state index contributed by atoms with van der Waals surface area (Å²) in [6.45, 7) is 4.69. The fourth-order valence-corrected chi connectivity index (χ4v) is 3.00. The van der Waals surface area contributed by atoms with Crippen LogP contribution in [0.2, 0.25) is 0 Å². The molecule has 3 aromatic rings. The Bertz CT molecular complexity index is 966. The highest BCUT2D eigenvalue weighted by Gasteiger charge is 2.15. The van der Waals surface area contributed by atoms with E-state index in [0.717, 1.165) is 22.5 Å². The maximum absolute atomic E-state index is 11.5. The Morgan fingerprint density at radius 3 is 2.59 bits per heavy atom. The lowest BCUT2D eigenvalue weighted by molar-refractivity contribution is 0.0693. The number of rotatable bonds is 6. The SMILES string of the molecule is COc1cc(C)c(-c2ccc(NCc3cccc(C)c3)nc2)cc1C(=O)O. The van der Waals surface area contributed by atoms with Crippen LogP contribution in [0, 0.1) is 13.8 Å². The lowest BCUT2D eigenvalue weighted by Crippen LogP contribution is -2.03. The number of nitrogens with zero attached hydrogens (tertiary/aromatic N) is 1. The van der Waals surface area contributed by atoms with Gasteiger partial charge < -0.3 is 15.2 Å². The van der Waals surface area contributed by atoms with Crippen molar-refractivity contribution in [1.29, 1.82) is 0 Å². The summed E-state index contributed by atoms with van der Waals surface area (Å²) in [6, 6.07) is 15.5. The number of benzene rings is 2. The zero-order valence-corrected chi connectivity index (χ0v) is 15.6. The molecule has 1 aromatic heterocycles. The summed E-state index contributed by atoms with van der Waals surface area (Å²) >= 11 is 0. The minimum atomic E-state index is -1.02. The van der Waals surface area contributed by atoms with E-state index < -0.39 is 5.97 Å². The topological polar surface area (TPSA) is 71.5 Å². The van der Waals surface area contributed by atoms with E-state index in [0.29, 0.717) is 12.3 Å². The molecule has 0 aliphatic heterocycles. The van der Waals surface area contributed by atoms with Crippen molar-refractivity contribution in [1.82, 2.24) is 4.98 Å². The molecule has 0 spiro atoms. The van der Waals surface area contributed by atoms with Crippen molar-refractivity contribution in [3.05, 3.63) is 77.0 Å². The number of aryl methyl sites for hydroxylation is 2. The fourth-order valence-electron chi connectivity index (χ4n) is 3.00. The van der Waals surface area contributed by atoms with Crippen LogP contribution in [0.3, 0.4) is 0 Å². The molecule has 0 saturated heterocycles. The van der Waals surface area contributed by atoms with Crippen molar-refractivity contribution in [3.63, 3.8) is 0 Å². The summed E-state index contributed by atoms with van der Waals surface area (Å²) in [5, 5.41) is 12.7. The molecule has 5 heteroatoms. The average molecular weight is 362 g/mol. The number of ether oxygens (including phenoxy) is 1. The Labute approximate surface area is 158 Å². The number of anilines is 1. The zero-order chi connectivity index (χ0) is 19.4. The molecule has 0 amide bonds. The lowest BCUT2D eigenvalue weighted by atomic mass is 9.98. The zero-order valence-electron chi connectivity index (χ0n) is 15.6. The molecule has 0 saturated carbocycles. The van der Waals surface area contributed by atoms with Crippen LogP contribution in [0.1, 0.15) is 27.0 Å². The summed E-state index contributed by atoms with van der Waals surface area (Å²) in [4.78, 5) is 15.9. The maximum atomic E-state index is 11.5. The van der Waals surface area contributed by atoms with Gasteiger partial charge in [0.05, 0.1) is 7.11 Å². The van der Waals surface area contributed by atoms with E-state index in [2.05, 4.69) is 35.4 Å². The second-order valence-corrected chi connectivity index (χ2v) is 6.45. The van der Waals surface area contributed by atoms with Crippen LogP contribution >= 0.6 is 0 Å². The number of pyridine rings is 1. The third kappa shape index (κ3) is 4.26. The third-order valence-corrected chi connectivity index (χ3v) is 4.41. The number of aromatic nitrogens is 1. The monoisotopic (exact) mass is 362 g/mol. The first-order valence-corrected chi connectivity index (χ1v) is 8.65. The van der Waals surface area contributed by atoms with Crippen LogP contribution in [0.5, 0.6) is 5.75 Å². The molecule has 5 nitrogen and oxygen atoms in total. The number of carboxylic acids is 1. The molecular formula is C22H22N2O3. The van der Waals surface area contributed by atoms with Gasteiger partial charge in [0.2, 0.25) is 0 Å². The Kier molecular flexibility index (Phi) is 5.41. The van der Waals surface area contributed by atoms with Gasteiger partial charge in [-0.1, -0.05) is 29.8 Å². The van der Waals surface area contributed by atoms with E-state index >= 15 is 0 Å². The molecule has 138 valence electrons. The number of nitrogens with one attached hydrogen (secondary N) is 1.